The summed E-state index contributed by atoms with van der Waals surface area (Å²) < 4.78 is 21.6. The smallest absolute Gasteiger partial charge is 0.244 e. The Hall–Kier alpha value is -3.03. The molecule has 2 aromatic carbocycles. The second-order valence-electron chi connectivity index (χ2n) is 7.32. The molecule has 1 amide bonds. The number of carbonyl (C=O) groups excluding carboxylic acids is 1. The SMILES string of the molecule is COc1cc(OC)c(OC)cc1/C=C/C(=O)N[C@@H](C[NH+]1CCOCC1)c1ccccc1. The number of amides is 1. The summed E-state index contributed by atoms with van der Waals surface area (Å²) in [7, 11) is 4.72. The van der Waals surface area contributed by atoms with Crippen LogP contribution < -0.4 is 24.4 Å². The molecule has 2 N–H and O–H groups in total. The van der Waals surface area contributed by atoms with Crippen LogP contribution in [-0.2, 0) is 9.53 Å². The third-order valence-corrected chi connectivity index (χ3v) is 5.36. The number of carbonyl (C=O) groups is 1. The lowest BCUT2D eigenvalue weighted by Gasteiger charge is -2.28. The number of ether oxygens (including phenoxy) is 4. The Morgan fingerprint density at radius 2 is 1.68 bits per heavy atom. The first kappa shape index (κ1) is 22.7. The van der Waals surface area contributed by atoms with Gasteiger partial charge in [-0.15, -0.1) is 0 Å². The van der Waals surface area contributed by atoms with Gasteiger partial charge in [-0.05, 0) is 17.7 Å². The van der Waals surface area contributed by atoms with Crippen molar-refractivity contribution < 1.29 is 28.6 Å². The first-order valence-electron chi connectivity index (χ1n) is 10.4. The number of hydrogen-bond donors (Lipinski definition) is 2. The zero-order chi connectivity index (χ0) is 22.1. The summed E-state index contributed by atoms with van der Waals surface area (Å²) in [5, 5.41) is 3.16. The van der Waals surface area contributed by atoms with Crippen LogP contribution in [0.2, 0.25) is 0 Å². The van der Waals surface area contributed by atoms with E-state index in [9.17, 15) is 4.79 Å². The largest absolute Gasteiger partial charge is 0.496 e. The van der Waals surface area contributed by atoms with Gasteiger partial charge in [-0.25, -0.2) is 0 Å². The van der Waals surface area contributed by atoms with Crippen molar-refractivity contribution in [3.05, 3.63) is 59.7 Å². The highest BCUT2D eigenvalue weighted by atomic mass is 16.5. The number of benzene rings is 2. The molecule has 1 saturated heterocycles. The molecular weight excluding hydrogens is 396 g/mol. The van der Waals surface area contributed by atoms with E-state index < -0.39 is 0 Å². The fourth-order valence-corrected chi connectivity index (χ4v) is 3.66. The number of morpholine rings is 1. The topological polar surface area (TPSA) is 70.5 Å². The Bertz CT molecular complexity index is 879. The van der Waals surface area contributed by atoms with E-state index in [4.69, 9.17) is 18.9 Å². The predicted octanol–water partition coefficient (Wildman–Crippen LogP) is 1.50. The molecule has 3 rings (SSSR count). The Morgan fingerprint density at radius 1 is 1.03 bits per heavy atom. The van der Waals surface area contributed by atoms with Crippen LogP contribution in [-0.4, -0.2) is 60.1 Å². The molecular formula is C24H31N2O5+. The second kappa shape index (κ2) is 11.4. The summed E-state index contributed by atoms with van der Waals surface area (Å²) in [5.41, 5.74) is 1.82. The van der Waals surface area contributed by atoms with Gasteiger partial charge in [0.25, 0.3) is 0 Å². The molecule has 31 heavy (non-hydrogen) atoms. The average molecular weight is 428 g/mol. The average Bonchev–Trinajstić information content (AvgIpc) is 2.82. The number of methoxy groups -OCH3 is 3. The van der Waals surface area contributed by atoms with Crippen LogP contribution in [0.1, 0.15) is 17.2 Å². The highest BCUT2D eigenvalue weighted by Gasteiger charge is 2.22. The van der Waals surface area contributed by atoms with E-state index in [1.165, 1.54) is 11.0 Å². The van der Waals surface area contributed by atoms with Gasteiger partial charge in [0.05, 0.1) is 34.5 Å². The van der Waals surface area contributed by atoms with Crippen LogP contribution >= 0.6 is 0 Å². The molecule has 1 atom stereocenters. The Balaban J connectivity index is 1.75. The van der Waals surface area contributed by atoms with Crippen molar-refractivity contribution in [3.8, 4) is 17.2 Å². The molecule has 1 fully saturated rings. The lowest BCUT2D eigenvalue weighted by atomic mass is 10.1. The van der Waals surface area contributed by atoms with Gasteiger partial charge in [0.2, 0.25) is 5.91 Å². The fourth-order valence-electron chi connectivity index (χ4n) is 3.66. The summed E-state index contributed by atoms with van der Waals surface area (Å²) in [6.07, 6.45) is 3.24. The molecule has 1 aliphatic heterocycles. The van der Waals surface area contributed by atoms with Crippen molar-refractivity contribution in [2.45, 2.75) is 6.04 Å². The number of hydrogen-bond acceptors (Lipinski definition) is 5. The second-order valence-corrected chi connectivity index (χ2v) is 7.32. The lowest BCUT2D eigenvalue weighted by molar-refractivity contribution is -0.909. The molecule has 1 heterocycles. The Kier molecular flexibility index (Phi) is 8.32. The first-order chi connectivity index (χ1) is 15.1. The lowest BCUT2D eigenvalue weighted by Crippen LogP contribution is -3.14. The zero-order valence-corrected chi connectivity index (χ0v) is 18.4. The van der Waals surface area contributed by atoms with Crippen LogP contribution in [0.25, 0.3) is 6.08 Å². The van der Waals surface area contributed by atoms with Crippen LogP contribution in [0.4, 0.5) is 0 Å². The van der Waals surface area contributed by atoms with Crippen LogP contribution in [0.5, 0.6) is 17.2 Å². The van der Waals surface area contributed by atoms with E-state index in [0.29, 0.717) is 17.2 Å². The quantitative estimate of drug-likeness (QED) is 0.594. The van der Waals surface area contributed by atoms with Crippen LogP contribution in [0, 0.1) is 0 Å². The molecule has 0 unspecified atom stereocenters. The maximum Gasteiger partial charge on any atom is 0.244 e. The maximum absolute atomic E-state index is 12.8. The maximum atomic E-state index is 12.8. The summed E-state index contributed by atoms with van der Waals surface area (Å²) in [4.78, 5) is 14.2. The minimum absolute atomic E-state index is 0.0845. The highest BCUT2D eigenvalue weighted by molar-refractivity contribution is 5.92. The highest BCUT2D eigenvalue weighted by Crippen LogP contribution is 2.35. The van der Waals surface area contributed by atoms with Crippen molar-refractivity contribution in [3.63, 3.8) is 0 Å². The summed E-state index contributed by atoms with van der Waals surface area (Å²) in [6, 6.07) is 13.5. The normalized spacial score (nSPS) is 15.5. The van der Waals surface area contributed by atoms with E-state index in [1.54, 1.807) is 39.5 Å². The number of rotatable bonds is 9. The predicted molar refractivity (Wildman–Crippen MR) is 119 cm³/mol. The third kappa shape index (κ3) is 6.23. The standard InChI is InChI=1S/C24H30N2O5/c1-28-21-16-23(30-3)22(29-2)15-19(21)9-10-24(27)25-20(18-7-5-4-6-8-18)17-26-11-13-31-14-12-26/h4-10,15-16,20H,11-14,17H2,1-3H3,(H,25,27)/p+1/b10-9+/t20-/m0/s1. The van der Waals surface area contributed by atoms with E-state index >= 15 is 0 Å². The van der Waals surface area contributed by atoms with Gasteiger partial charge in [0.15, 0.2) is 11.5 Å². The molecule has 7 nitrogen and oxygen atoms in total. The zero-order valence-electron chi connectivity index (χ0n) is 18.4. The monoisotopic (exact) mass is 427 g/mol. The molecule has 7 heteroatoms. The molecule has 0 saturated carbocycles. The first-order valence-corrected chi connectivity index (χ1v) is 10.4. The van der Waals surface area contributed by atoms with Crippen LogP contribution in [0.3, 0.4) is 0 Å². The van der Waals surface area contributed by atoms with Gasteiger partial charge in [0.1, 0.15) is 31.4 Å². The van der Waals surface area contributed by atoms with E-state index in [2.05, 4.69) is 5.32 Å². The molecule has 0 aliphatic carbocycles. The number of nitrogens with one attached hydrogen (secondary N) is 2. The van der Waals surface area contributed by atoms with Gasteiger partial charge in [-0.1, -0.05) is 30.3 Å². The van der Waals surface area contributed by atoms with E-state index in [-0.39, 0.29) is 11.9 Å². The molecule has 0 spiro atoms. The minimum Gasteiger partial charge on any atom is -0.496 e. The van der Waals surface area contributed by atoms with Crippen LogP contribution in [0.15, 0.2) is 48.5 Å². The van der Waals surface area contributed by atoms with Crippen molar-refractivity contribution in [1.29, 1.82) is 0 Å². The summed E-state index contributed by atoms with van der Waals surface area (Å²) in [6.45, 7) is 4.20. The van der Waals surface area contributed by atoms with Gasteiger partial charge in [-0.3, -0.25) is 4.79 Å². The Labute approximate surface area is 183 Å². The van der Waals surface area contributed by atoms with Crippen molar-refractivity contribution in [2.75, 3.05) is 54.2 Å². The van der Waals surface area contributed by atoms with Gasteiger partial charge in [0, 0.05) is 17.7 Å². The molecule has 1 aliphatic rings. The van der Waals surface area contributed by atoms with Crippen molar-refractivity contribution in [2.24, 2.45) is 0 Å². The fraction of sp³-hybridized carbons (Fsp3) is 0.375. The molecule has 0 aromatic heterocycles. The van der Waals surface area contributed by atoms with Gasteiger partial charge < -0.3 is 29.2 Å². The van der Waals surface area contributed by atoms with E-state index in [0.717, 1.165) is 44.0 Å². The third-order valence-electron chi connectivity index (χ3n) is 5.36. The van der Waals surface area contributed by atoms with E-state index in [1.807, 2.05) is 30.3 Å². The molecule has 166 valence electrons. The van der Waals surface area contributed by atoms with Crippen molar-refractivity contribution >= 4 is 12.0 Å². The van der Waals surface area contributed by atoms with Gasteiger partial charge in [-0.2, -0.15) is 0 Å². The molecule has 0 radical (unpaired) electrons. The van der Waals surface area contributed by atoms with Gasteiger partial charge >= 0.3 is 0 Å². The number of quaternary nitrogens is 1. The molecule has 0 bridgehead atoms. The minimum atomic E-state index is -0.168. The van der Waals surface area contributed by atoms with Crippen molar-refractivity contribution in [1.82, 2.24) is 5.32 Å². The Morgan fingerprint density at radius 3 is 2.32 bits per heavy atom. The summed E-state index contributed by atoms with van der Waals surface area (Å²) >= 11 is 0. The molecule has 2 aromatic rings. The summed E-state index contributed by atoms with van der Waals surface area (Å²) in [5.74, 6) is 1.57.